The highest BCUT2D eigenvalue weighted by Crippen LogP contribution is 2.30. The van der Waals surface area contributed by atoms with Gasteiger partial charge in [-0.1, -0.05) is 11.3 Å². The van der Waals surface area contributed by atoms with Crippen molar-refractivity contribution in [3.63, 3.8) is 0 Å². The number of rotatable bonds is 6. The van der Waals surface area contributed by atoms with Crippen LogP contribution in [0.4, 0.5) is 5.13 Å². The van der Waals surface area contributed by atoms with Gasteiger partial charge in [-0.15, -0.1) is 0 Å². The molecule has 1 atom stereocenters. The molecular formula is C13H23N3O2S. The number of thiazole rings is 1. The van der Waals surface area contributed by atoms with E-state index in [1.54, 1.807) is 18.4 Å². The van der Waals surface area contributed by atoms with E-state index in [0.717, 1.165) is 42.0 Å². The summed E-state index contributed by atoms with van der Waals surface area (Å²) in [6, 6.07) is 0. The van der Waals surface area contributed by atoms with E-state index < -0.39 is 0 Å². The van der Waals surface area contributed by atoms with Crippen LogP contribution < -0.4 is 15.0 Å². The van der Waals surface area contributed by atoms with Crippen LogP contribution in [-0.4, -0.2) is 45.4 Å². The van der Waals surface area contributed by atoms with Crippen LogP contribution >= 0.6 is 11.3 Å². The molecule has 1 aliphatic heterocycles. The average Bonchev–Trinajstić information content (AvgIpc) is 2.83. The molecule has 1 unspecified atom stereocenters. The van der Waals surface area contributed by atoms with Crippen molar-refractivity contribution in [2.45, 2.75) is 31.9 Å². The number of ether oxygens (including phenoxy) is 2. The van der Waals surface area contributed by atoms with Crippen molar-refractivity contribution in [3.8, 4) is 5.88 Å². The Balaban J connectivity index is 1.84. The lowest BCUT2D eigenvalue weighted by Gasteiger charge is -2.22. The predicted molar refractivity (Wildman–Crippen MR) is 78.3 cm³/mol. The molecule has 2 rings (SSSR count). The van der Waals surface area contributed by atoms with Crippen LogP contribution in [0.1, 0.15) is 24.1 Å². The molecule has 0 radical (unpaired) electrons. The summed E-state index contributed by atoms with van der Waals surface area (Å²) < 4.78 is 11.0. The van der Waals surface area contributed by atoms with E-state index in [-0.39, 0.29) is 0 Å². The van der Waals surface area contributed by atoms with E-state index in [1.165, 1.54) is 12.8 Å². The lowest BCUT2D eigenvalue weighted by atomic mass is 10.1. The quantitative estimate of drug-likeness (QED) is 0.864. The van der Waals surface area contributed by atoms with Crippen LogP contribution in [0.2, 0.25) is 0 Å². The summed E-state index contributed by atoms with van der Waals surface area (Å²) in [7, 11) is 5.65. The normalized spacial score (nSPS) is 19.4. The summed E-state index contributed by atoms with van der Waals surface area (Å²) in [4.78, 5) is 7.59. The van der Waals surface area contributed by atoms with Crippen molar-refractivity contribution >= 4 is 16.5 Å². The average molecular weight is 285 g/mol. The highest BCUT2D eigenvalue weighted by Gasteiger charge is 2.15. The lowest BCUT2D eigenvalue weighted by Crippen LogP contribution is -2.31. The van der Waals surface area contributed by atoms with Gasteiger partial charge in [0.2, 0.25) is 5.88 Å². The fraction of sp³-hybridized carbons (Fsp3) is 0.769. The van der Waals surface area contributed by atoms with Gasteiger partial charge in [-0.2, -0.15) is 4.98 Å². The molecule has 1 fully saturated rings. The van der Waals surface area contributed by atoms with Crippen molar-refractivity contribution in [3.05, 3.63) is 4.88 Å². The van der Waals surface area contributed by atoms with Crippen LogP contribution in [0.5, 0.6) is 5.88 Å². The van der Waals surface area contributed by atoms with Gasteiger partial charge in [0, 0.05) is 33.8 Å². The Labute approximate surface area is 118 Å². The van der Waals surface area contributed by atoms with E-state index in [1.807, 2.05) is 19.0 Å². The molecule has 1 aromatic heterocycles. The van der Waals surface area contributed by atoms with E-state index in [9.17, 15) is 0 Å². The molecule has 108 valence electrons. The van der Waals surface area contributed by atoms with Crippen molar-refractivity contribution in [2.75, 3.05) is 39.3 Å². The third kappa shape index (κ3) is 4.06. The molecule has 0 amide bonds. The molecule has 1 saturated heterocycles. The summed E-state index contributed by atoms with van der Waals surface area (Å²) >= 11 is 1.67. The third-order valence-corrected chi connectivity index (χ3v) is 4.36. The fourth-order valence-corrected chi connectivity index (χ4v) is 3.03. The van der Waals surface area contributed by atoms with Crippen molar-refractivity contribution < 1.29 is 9.47 Å². The number of methoxy groups -OCH3 is 1. The van der Waals surface area contributed by atoms with Crippen LogP contribution in [0, 0.1) is 0 Å². The van der Waals surface area contributed by atoms with Crippen LogP contribution in [0.3, 0.4) is 0 Å². The summed E-state index contributed by atoms with van der Waals surface area (Å²) in [6.45, 7) is 2.59. The Bertz CT molecular complexity index is 389. The first kappa shape index (κ1) is 14.6. The summed E-state index contributed by atoms with van der Waals surface area (Å²) in [6.07, 6.45) is 4.00. The third-order valence-electron chi connectivity index (χ3n) is 3.16. The molecule has 2 heterocycles. The first-order valence-electron chi connectivity index (χ1n) is 6.74. The molecule has 1 aromatic rings. The Kier molecular flexibility index (Phi) is 5.42. The van der Waals surface area contributed by atoms with Gasteiger partial charge in [-0.05, 0) is 19.3 Å². The Morgan fingerprint density at radius 3 is 2.95 bits per heavy atom. The molecule has 0 spiro atoms. The second-order valence-electron chi connectivity index (χ2n) is 4.94. The highest BCUT2D eigenvalue weighted by molar-refractivity contribution is 7.15. The Morgan fingerprint density at radius 1 is 1.47 bits per heavy atom. The van der Waals surface area contributed by atoms with Gasteiger partial charge < -0.3 is 19.7 Å². The summed E-state index contributed by atoms with van der Waals surface area (Å²) in [5, 5.41) is 4.42. The molecule has 19 heavy (non-hydrogen) atoms. The molecule has 0 saturated carbocycles. The van der Waals surface area contributed by atoms with E-state index in [2.05, 4.69) is 10.3 Å². The summed E-state index contributed by atoms with van der Waals surface area (Å²) in [5.74, 6) is 0.728. The number of nitrogens with one attached hydrogen (secondary N) is 1. The zero-order valence-corrected chi connectivity index (χ0v) is 12.8. The predicted octanol–water partition coefficient (Wildman–Crippen LogP) is 1.88. The first-order valence-corrected chi connectivity index (χ1v) is 7.55. The fourth-order valence-electron chi connectivity index (χ4n) is 2.10. The second kappa shape index (κ2) is 7.07. The van der Waals surface area contributed by atoms with E-state index in [4.69, 9.17) is 9.47 Å². The van der Waals surface area contributed by atoms with E-state index in [0.29, 0.717) is 6.10 Å². The Hall–Kier alpha value is -0.850. The van der Waals surface area contributed by atoms with Gasteiger partial charge in [-0.25, -0.2) is 0 Å². The van der Waals surface area contributed by atoms with Gasteiger partial charge in [0.05, 0.1) is 18.1 Å². The van der Waals surface area contributed by atoms with Crippen LogP contribution in [0.15, 0.2) is 0 Å². The first-order chi connectivity index (χ1) is 9.20. The maximum Gasteiger partial charge on any atom is 0.230 e. The largest absolute Gasteiger partial charge is 0.480 e. The topological polar surface area (TPSA) is 46.6 Å². The SMILES string of the molecule is COc1nc(N(C)C)sc1CNCC1CCCCO1. The molecule has 5 nitrogen and oxygen atoms in total. The van der Waals surface area contributed by atoms with E-state index >= 15 is 0 Å². The number of hydrogen-bond donors (Lipinski definition) is 1. The highest BCUT2D eigenvalue weighted by atomic mass is 32.1. The maximum absolute atomic E-state index is 5.70. The van der Waals surface area contributed by atoms with Crippen LogP contribution in [-0.2, 0) is 11.3 Å². The minimum Gasteiger partial charge on any atom is -0.480 e. The molecule has 6 heteroatoms. The number of aromatic nitrogens is 1. The number of hydrogen-bond acceptors (Lipinski definition) is 6. The van der Waals surface area contributed by atoms with Gasteiger partial charge >= 0.3 is 0 Å². The standard InChI is InChI=1S/C13H23N3O2S/c1-16(2)13-15-12(17-3)11(19-13)9-14-8-10-6-4-5-7-18-10/h10,14H,4-9H2,1-3H3. The zero-order valence-electron chi connectivity index (χ0n) is 11.9. The molecular weight excluding hydrogens is 262 g/mol. The Morgan fingerprint density at radius 2 is 2.32 bits per heavy atom. The molecule has 0 aromatic carbocycles. The summed E-state index contributed by atoms with van der Waals surface area (Å²) in [5.41, 5.74) is 0. The minimum absolute atomic E-state index is 0.362. The van der Waals surface area contributed by atoms with Gasteiger partial charge in [0.1, 0.15) is 0 Å². The molecule has 1 N–H and O–H groups in total. The molecule has 0 bridgehead atoms. The monoisotopic (exact) mass is 285 g/mol. The lowest BCUT2D eigenvalue weighted by molar-refractivity contribution is 0.0168. The van der Waals surface area contributed by atoms with Crippen LogP contribution in [0.25, 0.3) is 0 Å². The van der Waals surface area contributed by atoms with Crippen molar-refractivity contribution in [1.82, 2.24) is 10.3 Å². The van der Waals surface area contributed by atoms with Gasteiger partial charge in [0.25, 0.3) is 0 Å². The zero-order chi connectivity index (χ0) is 13.7. The smallest absolute Gasteiger partial charge is 0.230 e. The van der Waals surface area contributed by atoms with Crippen molar-refractivity contribution in [1.29, 1.82) is 0 Å². The molecule has 1 aliphatic rings. The maximum atomic E-state index is 5.70. The number of anilines is 1. The van der Waals surface area contributed by atoms with Gasteiger partial charge in [-0.3, -0.25) is 0 Å². The molecule has 0 aliphatic carbocycles. The number of nitrogens with zero attached hydrogens (tertiary/aromatic N) is 2. The van der Waals surface area contributed by atoms with Crippen molar-refractivity contribution in [2.24, 2.45) is 0 Å². The minimum atomic E-state index is 0.362. The second-order valence-corrected chi connectivity index (χ2v) is 6.00. The van der Waals surface area contributed by atoms with Gasteiger partial charge in [0.15, 0.2) is 5.13 Å².